The van der Waals surface area contributed by atoms with Gasteiger partial charge in [-0.05, 0) is 54.9 Å². The van der Waals surface area contributed by atoms with Crippen molar-refractivity contribution in [2.75, 3.05) is 13.2 Å². The standard InChI is InChI=1S/C30H41F3N4O3Si.C19H17F3N4O3/c1-28(2,3)40-27(38)29(4,5)20-39-25-18-34-23(17-35-25)21-11-13-22(14-12-21)26-36-24(30(31,32)33)19-37(26)15-9-10-16-41(6,7)8;1-18(2,17(27)28)10-29-15-9-23-13(7-24-15)11-3-5-12(6-4-11)16-25-8-14(26-16)19(20,21)22/h11-14,17-19H,9-10,15-16,20H2,1-8H3;3-9H,10H2,1-2H3,(H,25,26)(H,27,28). The lowest BCUT2D eigenvalue weighted by molar-refractivity contribution is -0.167. The molecule has 0 fully saturated rings. The minimum atomic E-state index is -4.51. The van der Waals surface area contributed by atoms with E-state index in [1.807, 2.05) is 20.8 Å². The van der Waals surface area contributed by atoms with Gasteiger partial charge in [0.05, 0.1) is 53.2 Å². The third-order valence-corrected chi connectivity index (χ3v) is 12.2. The number of carbonyl (C=O) groups is 2. The van der Waals surface area contributed by atoms with Crippen molar-refractivity contribution in [3.63, 3.8) is 0 Å². The molecule has 0 unspecified atom stereocenters. The summed E-state index contributed by atoms with van der Waals surface area (Å²) in [6.07, 6.45) is 0.487. The van der Waals surface area contributed by atoms with Crippen LogP contribution in [0.15, 0.2) is 85.7 Å². The van der Waals surface area contributed by atoms with Crippen LogP contribution in [0.4, 0.5) is 26.3 Å². The molecule has 376 valence electrons. The zero-order valence-corrected chi connectivity index (χ0v) is 41.7. The fourth-order valence-electron chi connectivity index (χ4n) is 6.22. The first-order chi connectivity index (χ1) is 32.4. The second kappa shape index (κ2) is 21.6. The summed E-state index contributed by atoms with van der Waals surface area (Å²) in [4.78, 5) is 50.5. The predicted octanol–water partition coefficient (Wildman–Crippen LogP) is 11.9. The molecule has 2 aromatic carbocycles. The molecule has 0 atom stereocenters. The zero-order valence-electron chi connectivity index (χ0n) is 40.7. The van der Waals surface area contributed by atoms with Gasteiger partial charge in [0.15, 0.2) is 5.69 Å². The zero-order chi connectivity index (χ0) is 51.9. The van der Waals surface area contributed by atoms with E-state index in [0.29, 0.717) is 40.4 Å². The fraction of sp³-hybridized carbons (Fsp3) is 0.429. The molecule has 0 amide bonds. The maximum atomic E-state index is 13.5. The Morgan fingerprint density at radius 3 is 1.57 bits per heavy atom. The highest BCUT2D eigenvalue weighted by Gasteiger charge is 2.36. The van der Waals surface area contributed by atoms with Crippen LogP contribution in [0, 0.1) is 10.8 Å². The van der Waals surface area contributed by atoms with Crippen molar-refractivity contribution < 1.29 is 55.2 Å². The maximum Gasteiger partial charge on any atom is 0.434 e. The van der Waals surface area contributed by atoms with Crippen molar-refractivity contribution in [1.29, 1.82) is 0 Å². The first-order valence-corrected chi connectivity index (χ1v) is 26.0. The van der Waals surface area contributed by atoms with Crippen LogP contribution < -0.4 is 9.47 Å². The molecule has 0 bridgehead atoms. The van der Waals surface area contributed by atoms with E-state index >= 15 is 0 Å². The lowest BCUT2D eigenvalue weighted by Gasteiger charge is -2.28. The Hall–Kier alpha value is -6.64. The molecule has 0 saturated heterocycles. The van der Waals surface area contributed by atoms with Crippen molar-refractivity contribution in [2.24, 2.45) is 10.8 Å². The number of alkyl halides is 6. The highest BCUT2D eigenvalue weighted by atomic mass is 28.3. The SMILES string of the molecule is CC(C)(C)OC(=O)C(C)(C)COc1cnc(-c2ccc(-c3nc(C(F)(F)F)cn3CCCC[Si](C)(C)C)cc2)cn1.CC(C)(COc1cnc(-c2ccc(-c3ncc(C(F)(F)F)[nH]3)cc2)cn1)C(=O)O. The molecule has 0 spiro atoms. The number of carbonyl (C=O) groups excluding carboxylic acids is 1. The first kappa shape index (κ1) is 54.3. The molecule has 4 aromatic heterocycles. The minimum Gasteiger partial charge on any atom is -0.481 e. The number of hydrogen-bond acceptors (Lipinski definition) is 11. The first-order valence-electron chi connectivity index (χ1n) is 22.2. The summed E-state index contributed by atoms with van der Waals surface area (Å²) in [5, 5.41) is 9.08. The number of aryl methyl sites for hydroxylation is 1. The number of nitrogens with one attached hydrogen (secondary N) is 1. The Balaban J connectivity index is 0.000000276. The molecule has 4 heterocycles. The van der Waals surface area contributed by atoms with Crippen molar-refractivity contribution >= 4 is 20.0 Å². The Bertz CT molecular complexity index is 2670. The molecule has 0 saturated carbocycles. The van der Waals surface area contributed by atoms with Crippen LogP contribution in [-0.4, -0.2) is 83.4 Å². The molecule has 21 heteroatoms. The van der Waals surface area contributed by atoms with Gasteiger partial charge in [0.25, 0.3) is 0 Å². The van der Waals surface area contributed by atoms with Crippen LogP contribution in [0.2, 0.25) is 25.7 Å². The number of carboxylic acids is 1. The van der Waals surface area contributed by atoms with Gasteiger partial charge in [-0.15, -0.1) is 0 Å². The predicted molar refractivity (Wildman–Crippen MR) is 253 cm³/mol. The Morgan fingerprint density at radius 2 is 1.14 bits per heavy atom. The van der Waals surface area contributed by atoms with Crippen LogP contribution >= 0.6 is 0 Å². The molecule has 6 rings (SSSR count). The van der Waals surface area contributed by atoms with Gasteiger partial charge in [-0.2, -0.15) is 26.3 Å². The number of imidazole rings is 2. The van der Waals surface area contributed by atoms with Gasteiger partial charge >= 0.3 is 24.3 Å². The summed E-state index contributed by atoms with van der Waals surface area (Å²) >= 11 is 0. The average Bonchev–Trinajstić information content (AvgIpc) is 3.96. The van der Waals surface area contributed by atoms with E-state index in [2.05, 4.69) is 54.5 Å². The monoisotopic (exact) mass is 996 g/mol. The van der Waals surface area contributed by atoms with Gasteiger partial charge in [0.2, 0.25) is 11.8 Å². The number of esters is 1. The van der Waals surface area contributed by atoms with Crippen molar-refractivity contribution in [3.05, 3.63) is 97.1 Å². The number of nitrogens with zero attached hydrogens (tertiary/aromatic N) is 7. The van der Waals surface area contributed by atoms with E-state index < -0.39 is 54.2 Å². The summed E-state index contributed by atoms with van der Waals surface area (Å²) in [5.74, 6) is -0.503. The third kappa shape index (κ3) is 15.7. The van der Waals surface area contributed by atoms with Gasteiger partial charge in [-0.25, -0.2) is 29.9 Å². The van der Waals surface area contributed by atoms with Gasteiger partial charge in [-0.1, -0.05) is 80.6 Å². The molecule has 0 radical (unpaired) electrons. The Labute approximate surface area is 403 Å². The van der Waals surface area contributed by atoms with Crippen LogP contribution in [0.3, 0.4) is 0 Å². The molecule has 14 nitrogen and oxygen atoms in total. The molecular weight excluding hydrogens is 939 g/mol. The number of benzene rings is 2. The molecule has 0 aliphatic heterocycles. The summed E-state index contributed by atoms with van der Waals surface area (Å²) < 4.78 is 96.5. The topological polar surface area (TPSA) is 180 Å². The number of carboxylic acid groups (broad SMARTS) is 1. The van der Waals surface area contributed by atoms with Crippen molar-refractivity contribution in [3.8, 4) is 57.1 Å². The summed E-state index contributed by atoms with van der Waals surface area (Å²) in [7, 11) is -1.21. The second-order valence-corrected chi connectivity index (χ2v) is 25.7. The molecule has 70 heavy (non-hydrogen) atoms. The number of ether oxygens (including phenoxy) is 3. The van der Waals surface area contributed by atoms with Gasteiger partial charge in [-0.3, -0.25) is 9.59 Å². The van der Waals surface area contributed by atoms with E-state index in [9.17, 15) is 35.9 Å². The smallest absolute Gasteiger partial charge is 0.434 e. The number of hydrogen-bond donors (Lipinski definition) is 2. The minimum absolute atomic E-state index is 0.0614. The van der Waals surface area contributed by atoms with E-state index in [4.69, 9.17) is 19.3 Å². The summed E-state index contributed by atoms with van der Waals surface area (Å²) in [5.41, 5.74) is -0.727. The number of rotatable bonds is 17. The molecule has 2 N–H and O–H groups in total. The third-order valence-electron chi connectivity index (χ3n) is 10.4. The quantitative estimate of drug-likeness (QED) is 0.0383. The number of unbranched alkanes of at least 4 members (excludes halogenated alkanes) is 1. The van der Waals surface area contributed by atoms with E-state index in [1.54, 1.807) is 73.1 Å². The van der Waals surface area contributed by atoms with E-state index in [1.165, 1.54) is 32.4 Å². The van der Waals surface area contributed by atoms with Crippen molar-refractivity contribution in [1.82, 2.24) is 39.5 Å². The lowest BCUT2D eigenvalue weighted by atomic mass is 9.95. The van der Waals surface area contributed by atoms with E-state index in [-0.39, 0.29) is 36.8 Å². The Kier molecular flexibility index (Phi) is 16.7. The molecule has 0 aliphatic carbocycles. The summed E-state index contributed by atoms with van der Waals surface area (Å²) in [6, 6.07) is 14.8. The fourth-order valence-corrected chi connectivity index (χ4v) is 7.53. The molecule has 0 aliphatic rings. The van der Waals surface area contributed by atoms with Crippen LogP contribution in [-0.2, 0) is 33.2 Å². The maximum absolute atomic E-state index is 13.5. The molecule has 6 aromatic rings. The number of aromatic nitrogens is 8. The second-order valence-electron chi connectivity index (χ2n) is 20.1. The lowest BCUT2D eigenvalue weighted by Crippen LogP contribution is -2.37. The van der Waals surface area contributed by atoms with Crippen LogP contribution in [0.1, 0.15) is 72.7 Å². The highest BCUT2D eigenvalue weighted by Crippen LogP contribution is 2.33. The normalized spacial score (nSPS) is 12.5. The Morgan fingerprint density at radius 1 is 0.643 bits per heavy atom. The number of aromatic amines is 1. The van der Waals surface area contributed by atoms with Crippen LogP contribution in [0.5, 0.6) is 11.8 Å². The van der Waals surface area contributed by atoms with E-state index in [0.717, 1.165) is 36.8 Å². The van der Waals surface area contributed by atoms with Crippen molar-refractivity contribution in [2.45, 2.75) is 111 Å². The average molecular weight is 997 g/mol. The number of aliphatic carboxylic acids is 1. The van der Waals surface area contributed by atoms with Crippen LogP contribution in [0.25, 0.3) is 45.3 Å². The highest BCUT2D eigenvalue weighted by molar-refractivity contribution is 6.76. The summed E-state index contributed by atoms with van der Waals surface area (Å²) in [6.45, 7) is 19.3. The van der Waals surface area contributed by atoms with Gasteiger partial charge in [0, 0.05) is 43.1 Å². The van der Waals surface area contributed by atoms with Gasteiger partial charge in [0.1, 0.15) is 36.2 Å². The number of halogens is 6. The van der Waals surface area contributed by atoms with Gasteiger partial charge < -0.3 is 28.9 Å². The largest absolute Gasteiger partial charge is 0.481 e. The molecular formula is C49H58F6N8O6Si. The number of H-pyrrole nitrogens is 1.